The highest BCUT2D eigenvalue weighted by atomic mass is 16.3. The SMILES string of the molecule is c1ccc(-c2ccc3c(c2)oc2cc(-c4nc(-c5ccccc5)nc(-c5cc6oc7ccccc7c6cc5-c5ccccc5)n4)ccc23)cc1. The van der Waals surface area contributed by atoms with Gasteiger partial charge in [0.2, 0.25) is 0 Å². The monoisotopic (exact) mass is 641 g/mol. The zero-order chi connectivity index (χ0) is 33.0. The van der Waals surface area contributed by atoms with Crippen LogP contribution in [0.1, 0.15) is 0 Å². The molecule has 5 heteroatoms. The molecule has 5 nitrogen and oxygen atoms in total. The average Bonchev–Trinajstić information content (AvgIpc) is 3.75. The van der Waals surface area contributed by atoms with E-state index in [1.165, 1.54) is 0 Å². The van der Waals surface area contributed by atoms with Crippen LogP contribution < -0.4 is 0 Å². The van der Waals surface area contributed by atoms with Crippen molar-refractivity contribution in [1.29, 1.82) is 0 Å². The topological polar surface area (TPSA) is 65.0 Å². The Balaban J connectivity index is 1.18. The van der Waals surface area contributed by atoms with Crippen molar-refractivity contribution in [2.75, 3.05) is 0 Å². The Morgan fingerprint density at radius 3 is 1.50 bits per heavy atom. The molecule has 234 valence electrons. The maximum absolute atomic E-state index is 6.48. The molecule has 0 aliphatic carbocycles. The predicted molar refractivity (Wildman–Crippen MR) is 202 cm³/mol. The number of nitrogens with zero attached hydrogens (tertiary/aromatic N) is 3. The van der Waals surface area contributed by atoms with Crippen LogP contribution in [0.4, 0.5) is 0 Å². The molecule has 0 atom stereocenters. The van der Waals surface area contributed by atoms with Crippen LogP contribution in [-0.4, -0.2) is 15.0 Å². The molecule has 0 saturated heterocycles. The van der Waals surface area contributed by atoms with Crippen molar-refractivity contribution in [3.63, 3.8) is 0 Å². The number of hydrogen-bond donors (Lipinski definition) is 0. The molecule has 0 radical (unpaired) electrons. The summed E-state index contributed by atoms with van der Waals surface area (Å²) in [7, 11) is 0. The standard InChI is InChI=1S/C45H27N3O2/c1-4-12-28(13-5-1)31-20-22-34-35-23-21-32(25-41(35)50-40(34)24-31)44-46-43(30-16-8-3-9-17-30)47-45(48-44)38-27-42-37(33-18-10-11-19-39(33)49-42)26-36(38)29-14-6-2-7-15-29/h1-27H. The largest absolute Gasteiger partial charge is 0.456 e. The molecule has 3 aromatic heterocycles. The van der Waals surface area contributed by atoms with E-state index < -0.39 is 0 Å². The number of rotatable bonds is 5. The maximum Gasteiger partial charge on any atom is 0.164 e. The smallest absolute Gasteiger partial charge is 0.164 e. The summed E-state index contributed by atoms with van der Waals surface area (Å²) in [5, 5.41) is 4.23. The molecule has 10 aromatic rings. The number of aromatic nitrogens is 3. The number of benzene rings is 7. The maximum atomic E-state index is 6.48. The van der Waals surface area contributed by atoms with E-state index >= 15 is 0 Å². The molecule has 0 N–H and O–H groups in total. The van der Waals surface area contributed by atoms with Crippen molar-refractivity contribution in [1.82, 2.24) is 15.0 Å². The zero-order valence-electron chi connectivity index (χ0n) is 26.7. The molecular formula is C45H27N3O2. The first kappa shape index (κ1) is 28.2. The summed E-state index contributed by atoms with van der Waals surface area (Å²) in [6.45, 7) is 0. The third kappa shape index (κ3) is 4.75. The second-order valence-corrected chi connectivity index (χ2v) is 12.4. The first-order chi connectivity index (χ1) is 24.7. The minimum absolute atomic E-state index is 0.560. The van der Waals surface area contributed by atoms with Gasteiger partial charge in [0.15, 0.2) is 17.5 Å². The Morgan fingerprint density at radius 2 is 0.780 bits per heavy atom. The van der Waals surface area contributed by atoms with E-state index in [4.69, 9.17) is 23.8 Å². The van der Waals surface area contributed by atoms with E-state index in [-0.39, 0.29) is 0 Å². The highest BCUT2D eigenvalue weighted by molar-refractivity contribution is 6.09. The lowest BCUT2D eigenvalue weighted by Crippen LogP contribution is -2.01. The lowest BCUT2D eigenvalue weighted by atomic mass is 9.96. The number of fused-ring (bicyclic) bond motifs is 6. The quantitative estimate of drug-likeness (QED) is 0.187. The molecule has 0 fully saturated rings. The predicted octanol–water partition coefficient (Wildman–Crippen LogP) is 12.0. The molecule has 0 unspecified atom stereocenters. The molecular weight excluding hydrogens is 615 g/mol. The summed E-state index contributed by atoms with van der Waals surface area (Å²) in [5.74, 6) is 1.71. The number of para-hydroxylation sites is 1. The average molecular weight is 642 g/mol. The molecule has 7 aromatic carbocycles. The highest BCUT2D eigenvalue weighted by Gasteiger charge is 2.20. The van der Waals surface area contributed by atoms with Crippen LogP contribution in [0.3, 0.4) is 0 Å². The lowest BCUT2D eigenvalue weighted by molar-refractivity contribution is 0.669. The summed E-state index contributed by atoms with van der Waals surface area (Å²) in [6.07, 6.45) is 0. The molecule has 0 amide bonds. The van der Waals surface area contributed by atoms with E-state index in [2.05, 4.69) is 97.1 Å². The van der Waals surface area contributed by atoms with Crippen LogP contribution in [0, 0.1) is 0 Å². The zero-order valence-corrected chi connectivity index (χ0v) is 26.7. The van der Waals surface area contributed by atoms with Crippen LogP contribution in [0.2, 0.25) is 0 Å². The number of hydrogen-bond acceptors (Lipinski definition) is 5. The summed E-state index contributed by atoms with van der Waals surface area (Å²) in [4.78, 5) is 15.3. The molecule has 10 rings (SSSR count). The van der Waals surface area contributed by atoms with Crippen molar-refractivity contribution in [2.45, 2.75) is 0 Å². The van der Waals surface area contributed by atoms with Crippen molar-refractivity contribution in [2.24, 2.45) is 0 Å². The normalized spacial score (nSPS) is 11.6. The number of furan rings is 2. The second-order valence-electron chi connectivity index (χ2n) is 12.4. The minimum Gasteiger partial charge on any atom is -0.456 e. The van der Waals surface area contributed by atoms with Gasteiger partial charge in [-0.15, -0.1) is 0 Å². The van der Waals surface area contributed by atoms with Gasteiger partial charge in [0, 0.05) is 38.2 Å². The third-order valence-corrected chi connectivity index (χ3v) is 9.35. The van der Waals surface area contributed by atoms with Gasteiger partial charge in [0.1, 0.15) is 22.3 Å². The molecule has 50 heavy (non-hydrogen) atoms. The van der Waals surface area contributed by atoms with Gasteiger partial charge in [-0.05, 0) is 64.7 Å². The van der Waals surface area contributed by atoms with Gasteiger partial charge in [-0.3, -0.25) is 0 Å². The van der Waals surface area contributed by atoms with Crippen LogP contribution in [-0.2, 0) is 0 Å². The van der Waals surface area contributed by atoms with Gasteiger partial charge in [0.05, 0.1) is 0 Å². The fraction of sp³-hybridized carbons (Fsp3) is 0. The first-order valence-corrected chi connectivity index (χ1v) is 16.6. The molecule has 0 bridgehead atoms. The Labute approximate surface area is 287 Å². The van der Waals surface area contributed by atoms with E-state index in [1.807, 2.05) is 66.7 Å². The summed E-state index contributed by atoms with van der Waals surface area (Å²) in [5.41, 5.74) is 10.2. The van der Waals surface area contributed by atoms with E-state index in [0.717, 1.165) is 82.8 Å². The van der Waals surface area contributed by atoms with Crippen molar-refractivity contribution in [3.05, 3.63) is 164 Å². The van der Waals surface area contributed by atoms with Crippen LogP contribution in [0.5, 0.6) is 0 Å². The Hall–Kier alpha value is -6.85. The van der Waals surface area contributed by atoms with E-state index in [0.29, 0.717) is 17.5 Å². The van der Waals surface area contributed by atoms with Crippen LogP contribution in [0.15, 0.2) is 173 Å². The lowest BCUT2D eigenvalue weighted by Gasteiger charge is -2.12. The summed E-state index contributed by atoms with van der Waals surface area (Å²) in [6, 6.07) is 55.7. The Kier molecular flexibility index (Phi) is 6.42. The molecule has 0 saturated carbocycles. The van der Waals surface area contributed by atoms with Crippen molar-refractivity contribution in [3.8, 4) is 56.4 Å². The third-order valence-electron chi connectivity index (χ3n) is 9.35. The summed E-state index contributed by atoms with van der Waals surface area (Å²) < 4.78 is 12.8. The van der Waals surface area contributed by atoms with Crippen LogP contribution >= 0.6 is 0 Å². The second kappa shape index (κ2) is 11.4. The molecule has 0 aliphatic rings. The van der Waals surface area contributed by atoms with Gasteiger partial charge in [-0.25, -0.2) is 15.0 Å². The van der Waals surface area contributed by atoms with Gasteiger partial charge in [-0.1, -0.05) is 121 Å². The van der Waals surface area contributed by atoms with Gasteiger partial charge < -0.3 is 8.83 Å². The van der Waals surface area contributed by atoms with Crippen molar-refractivity contribution < 1.29 is 8.83 Å². The van der Waals surface area contributed by atoms with Gasteiger partial charge in [-0.2, -0.15) is 0 Å². The first-order valence-electron chi connectivity index (χ1n) is 16.6. The molecule has 0 spiro atoms. The minimum atomic E-state index is 0.560. The van der Waals surface area contributed by atoms with Gasteiger partial charge >= 0.3 is 0 Å². The Morgan fingerprint density at radius 1 is 0.280 bits per heavy atom. The van der Waals surface area contributed by atoms with Gasteiger partial charge in [0.25, 0.3) is 0 Å². The molecule has 0 aliphatic heterocycles. The fourth-order valence-electron chi connectivity index (χ4n) is 6.88. The molecule has 3 heterocycles. The Bertz CT molecular complexity index is 2860. The van der Waals surface area contributed by atoms with E-state index in [9.17, 15) is 0 Å². The van der Waals surface area contributed by atoms with Crippen LogP contribution in [0.25, 0.3) is 100 Å². The van der Waals surface area contributed by atoms with E-state index in [1.54, 1.807) is 0 Å². The summed E-state index contributed by atoms with van der Waals surface area (Å²) >= 11 is 0. The fourth-order valence-corrected chi connectivity index (χ4v) is 6.88. The highest BCUT2D eigenvalue weighted by Crippen LogP contribution is 2.40. The van der Waals surface area contributed by atoms with Crippen molar-refractivity contribution >= 4 is 43.9 Å².